The summed E-state index contributed by atoms with van der Waals surface area (Å²) < 4.78 is 25.6. The van der Waals surface area contributed by atoms with Crippen molar-refractivity contribution in [3.63, 3.8) is 0 Å². The van der Waals surface area contributed by atoms with Gasteiger partial charge in [0.15, 0.2) is 11.0 Å². The molecule has 160 valence electrons. The van der Waals surface area contributed by atoms with Crippen LogP contribution >= 0.6 is 23.4 Å². The van der Waals surface area contributed by atoms with Crippen LogP contribution in [0, 0.1) is 5.82 Å². The fraction of sp³-hybridized carbons (Fsp3) is 0.333. The number of hydrogen-bond acceptors (Lipinski definition) is 6. The highest BCUT2D eigenvalue weighted by Crippen LogP contribution is 2.29. The first-order chi connectivity index (χ1) is 14.6. The maximum atomic E-state index is 13.0. The Bertz CT molecular complexity index is 940. The Morgan fingerprint density at radius 1 is 1.17 bits per heavy atom. The molecule has 0 saturated heterocycles. The van der Waals surface area contributed by atoms with Crippen LogP contribution in [0.25, 0.3) is 11.4 Å². The molecule has 3 aromatic rings. The van der Waals surface area contributed by atoms with Crippen LogP contribution in [0.5, 0.6) is 5.75 Å². The summed E-state index contributed by atoms with van der Waals surface area (Å²) >= 11 is 7.73. The van der Waals surface area contributed by atoms with Gasteiger partial charge in [-0.05, 0) is 42.8 Å². The Balaban J connectivity index is 1.65. The van der Waals surface area contributed by atoms with Crippen molar-refractivity contribution < 1.29 is 19.0 Å². The van der Waals surface area contributed by atoms with Gasteiger partial charge in [-0.3, -0.25) is 0 Å². The molecule has 0 amide bonds. The van der Waals surface area contributed by atoms with Gasteiger partial charge in [-0.15, -0.1) is 10.2 Å². The van der Waals surface area contributed by atoms with Crippen LogP contribution in [0.1, 0.15) is 6.42 Å². The van der Waals surface area contributed by atoms with Gasteiger partial charge in [0.25, 0.3) is 0 Å². The Kier molecular flexibility index (Phi) is 8.50. The minimum absolute atomic E-state index is 0.0911. The first-order valence-electron chi connectivity index (χ1n) is 9.44. The zero-order valence-corrected chi connectivity index (χ0v) is 18.1. The van der Waals surface area contributed by atoms with Crippen molar-refractivity contribution in [2.75, 3.05) is 26.1 Å². The molecule has 1 atom stereocenters. The lowest BCUT2D eigenvalue weighted by Gasteiger charge is -2.13. The predicted molar refractivity (Wildman–Crippen MR) is 116 cm³/mol. The van der Waals surface area contributed by atoms with E-state index in [1.807, 2.05) is 28.8 Å². The average Bonchev–Trinajstić information content (AvgIpc) is 3.15. The van der Waals surface area contributed by atoms with Gasteiger partial charge < -0.3 is 19.1 Å². The minimum atomic E-state index is -0.729. The third-order valence-electron chi connectivity index (χ3n) is 4.22. The number of nitrogens with zero attached hydrogens (tertiary/aromatic N) is 3. The molecular formula is C21H23ClFN3O3S. The molecule has 0 aliphatic carbocycles. The summed E-state index contributed by atoms with van der Waals surface area (Å²) in [5.41, 5.74) is 0.802. The lowest BCUT2D eigenvalue weighted by atomic mass is 10.2. The summed E-state index contributed by atoms with van der Waals surface area (Å²) in [4.78, 5) is 0. The summed E-state index contributed by atoms with van der Waals surface area (Å²) in [7, 11) is 1.66. The maximum Gasteiger partial charge on any atom is 0.191 e. The number of aliphatic hydroxyl groups excluding tert-OH is 1. The molecular weight excluding hydrogens is 429 g/mol. The number of halogens is 2. The summed E-state index contributed by atoms with van der Waals surface area (Å²) in [6.45, 7) is 1.36. The van der Waals surface area contributed by atoms with E-state index < -0.39 is 6.10 Å². The van der Waals surface area contributed by atoms with Gasteiger partial charge in [-0.1, -0.05) is 35.5 Å². The molecule has 1 heterocycles. The van der Waals surface area contributed by atoms with Crippen LogP contribution < -0.4 is 4.74 Å². The van der Waals surface area contributed by atoms with E-state index in [2.05, 4.69) is 10.2 Å². The highest BCUT2D eigenvalue weighted by Gasteiger charge is 2.17. The summed E-state index contributed by atoms with van der Waals surface area (Å²) in [5, 5.41) is 20.2. The number of aliphatic hydroxyl groups is 1. The average molecular weight is 452 g/mol. The lowest BCUT2D eigenvalue weighted by Crippen LogP contribution is -2.20. The van der Waals surface area contributed by atoms with E-state index in [0.717, 1.165) is 12.0 Å². The molecule has 0 bridgehead atoms. The van der Waals surface area contributed by atoms with Crippen LogP contribution in [0.15, 0.2) is 53.7 Å². The number of rotatable bonds is 11. The Hall–Kier alpha value is -2.13. The van der Waals surface area contributed by atoms with Crippen LogP contribution in [-0.2, 0) is 11.3 Å². The highest BCUT2D eigenvalue weighted by atomic mass is 35.5. The monoisotopic (exact) mass is 451 g/mol. The van der Waals surface area contributed by atoms with Crippen molar-refractivity contribution in [3.05, 3.63) is 59.4 Å². The van der Waals surface area contributed by atoms with Gasteiger partial charge in [0.1, 0.15) is 18.2 Å². The number of hydrogen-bond donors (Lipinski definition) is 1. The van der Waals surface area contributed by atoms with Crippen LogP contribution in [0.4, 0.5) is 4.39 Å². The fourth-order valence-electron chi connectivity index (χ4n) is 2.75. The molecule has 30 heavy (non-hydrogen) atoms. The van der Waals surface area contributed by atoms with Crippen molar-refractivity contribution in [2.45, 2.75) is 24.2 Å². The molecule has 0 spiro atoms. The molecule has 1 N–H and O–H groups in total. The zero-order valence-electron chi connectivity index (χ0n) is 16.5. The second-order valence-electron chi connectivity index (χ2n) is 6.51. The second kappa shape index (κ2) is 11.3. The molecule has 1 aromatic heterocycles. The van der Waals surface area contributed by atoms with Gasteiger partial charge in [0, 0.05) is 31.6 Å². The Labute approximate surface area is 184 Å². The Morgan fingerprint density at radius 2 is 1.93 bits per heavy atom. The normalized spacial score (nSPS) is 12.1. The first-order valence-corrected chi connectivity index (χ1v) is 10.8. The van der Waals surface area contributed by atoms with Crippen molar-refractivity contribution >= 4 is 23.4 Å². The quantitative estimate of drug-likeness (QED) is 0.346. The van der Waals surface area contributed by atoms with E-state index >= 15 is 0 Å². The maximum absolute atomic E-state index is 13.0. The van der Waals surface area contributed by atoms with Crippen LogP contribution in [0.2, 0.25) is 5.02 Å². The third kappa shape index (κ3) is 6.18. The largest absolute Gasteiger partial charge is 0.491 e. The van der Waals surface area contributed by atoms with Crippen molar-refractivity contribution in [1.29, 1.82) is 0 Å². The smallest absolute Gasteiger partial charge is 0.191 e. The summed E-state index contributed by atoms with van der Waals surface area (Å²) in [6, 6.07) is 13.2. The highest BCUT2D eigenvalue weighted by molar-refractivity contribution is 7.99. The molecule has 0 fully saturated rings. The molecule has 2 aromatic carbocycles. The van der Waals surface area contributed by atoms with Crippen LogP contribution in [0.3, 0.4) is 0 Å². The van der Waals surface area contributed by atoms with Gasteiger partial charge in [0.05, 0.1) is 11.1 Å². The molecule has 0 aliphatic rings. The number of methoxy groups -OCH3 is 1. The third-order valence-corrected chi connectivity index (χ3v) is 5.66. The van der Waals surface area contributed by atoms with Crippen molar-refractivity contribution in [2.24, 2.45) is 0 Å². The van der Waals surface area contributed by atoms with Gasteiger partial charge in [0.2, 0.25) is 0 Å². The van der Waals surface area contributed by atoms with E-state index in [9.17, 15) is 9.50 Å². The molecule has 0 saturated carbocycles. The van der Waals surface area contributed by atoms with Gasteiger partial charge >= 0.3 is 0 Å². The van der Waals surface area contributed by atoms with Gasteiger partial charge in [-0.25, -0.2) is 4.39 Å². The topological polar surface area (TPSA) is 69.4 Å². The molecule has 6 nitrogen and oxygen atoms in total. The summed E-state index contributed by atoms with van der Waals surface area (Å²) in [6.07, 6.45) is 0.0587. The minimum Gasteiger partial charge on any atom is -0.491 e. The molecule has 0 radical (unpaired) electrons. The molecule has 1 unspecified atom stereocenters. The molecule has 3 rings (SSSR count). The number of thioether (sulfide) groups is 1. The standard InChI is InChI=1S/C21H23ClFN3O3S/c1-28-12-4-11-26-20(18-5-2-3-6-19(18)22)24-25-21(26)30-14-16(27)13-29-17-9-7-15(23)8-10-17/h2-3,5-10,16,27H,4,11-14H2,1H3. The SMILES string of the molecule is COCCCn1c(SCC(O)COc2ccc(F)cc2)nnc1-c1ccccc1Cl. The van der Waals surface area contributed by atoms with Crippen LogP contribution in [-0.4, -0.2) is 52.1 Å². The molecule has 9 heteroatoms. The van der Waals surface area contributed by atoms with E-state index in [1.165, 1.54) is 36.0 Å². The van der Waals surface area contributed by atoms with Crippen molar-refractivity contribution in [3.8, 4) is 17.1 Å². The van der Waals surface area contributed by atoms with E-state index in [1.54, 1.807) is 7.11 Å². The first kappa shape index (κ1) is 22.6. The fourth-order valence-corrected chi connectivity index (χ4v) is 3.84. The number of ether oxygens (including phenoxy) is 2. The van der Waals surface area contributed by atoms with E-state index in [0.29, 0.717) is 40.7 Å². The van der Waals surface area contributed by atoms with E-state index in [4.69, 9.17) is 21.1 Å². The summed E-state index contributed by atoms with van der Waals surface area (Å²) in [5.74, 6) is 1.22. The zero-order chi connectivity index (χ0) is 21.3. The number of aromatic nitrogens is 3. The second-order valence-corrected chi connectivity index (χ2v) is 7.91. The lowest BCUT2D eigenvalue weighted by molar-refractivity contribution is 0.126. The van der Waals surface area contributed by atoms with Gasteiger partial charge in [-0.2, -0.15) is 0 Å². The van der Waals surface area contributed by atoms with E-state index in [-0.39, 0.29) is 12.4 Å². The predicted octanol–water partition coefficient (Wildman–Crippen LogP) is 4.31. The Morgan fingerprint density at radius 3 is 2.67 bits per heavy atom. The molecule has 0 aliphatic heterocycles. The number of benzene rings is 2. The van der Waals surface area contributed by atoms with Crippen molar-refractivity contribution in [1.82, 2.24) is 14.8 Å².